The highest BCUT2D eigenvalue weighted by molar-refractivity contribution is 5.94. The Morgan fingerprint density at radius 1 is 1.70 bits per heavy atom. The van der Waals surface area contributed by atoms with E-state index in [0.717, 1.165) is 0 Å². The summed E-state index contributed by atoms with van der Waals surface area (Å²) < 4.78 is 11.4. The SMILES string of the molecule is CC1C(=O)C=CC1C#CF. The summed E-state index contributed by atoms with van der Waals surface area (Å²) in [6, 6.07) is 0. The molecule has 0 aromatic heterocycles. The first-order valence-corrected chi connectivity index (χ1v) is 3.09. The first-order chi connectivity index (χ1) is 4.75. The van der Waals surface area contributed by atoms with Crippen molar-refractivity contribution in [3.63, 3.8) is 0 Å². The van der Waals surface area contributed by atoms with Crippen molar-refractivity contribution < 1.29 is 9.18 Å². The smallest absolute Gasteiger partial charge is 0.159 e. The second kappa shape index (κ2) is 2.66. The summed E-state index contributed by atoms with van der Waals surface area (Å²) in [5, 5.41) is 0. The summed E-state index contributed by atoms with van der Waals surface area (Å²) >= 11 is 0. The normalized spacial score (nSPS) is 30.0. The standard InChI is InChI=1S/C8H7FO/c1-6-7(4-5-9)2-3-8(6)10/h2-3,6-7H,1H3. The molecule has 0 saturated heterocycles. The van der Waals surface area contributed by atoms with Crippen LogP contribution in [0.3, 0.4) is 0 Å². The Labute approximate surface area is 58.9 Å². The first-order valence-electron chi connectivity index (χ1n) is 3.09. The summed E-state index contributed by atoms with van der Waals surface area (Å²) in [5.41, 5.74) is 0. The molecule has 0 aromatic rings. The Hall–Kier alpha value is -1.10. The van der Waals surface area contributed by atoms with Crippen molar-refractivity contribution in [2.24, 2.45) is 11.8 Å². The minimum absolute atomic E-state index is 0.0350. The molecule has 1 aliphatic carbocycles. The lowest BCUT2D eigenvalue weighted by Gasteiger charge is -2.02. The van der Waals surface area contributed by atoms with Gasteiger partial charge in [0.1, 0.15) is 6.17 Å². The quantitative estimate of drug-likeness (QED) is 0.461. The number of ketones is 1. The molecule has 0 bridgehead atoms. The lowest BCUT2D eigenvalue weighted by atomic mass is 9.98. The van der Waals surface area contributed by atoms with Crippen LogP contribution in [0.15, 0.2) is 12.2 Å². The highest BCUT2D eigenvalue weighted by Crippen LogP contribution is 2.20. The van der Waals surface area contributed by atoms with Gasteiger partial charge in [-0.25, -0.2) is 0 Å². The van der Waals surface area contributed by atoms with Gasteiger partial charge in [0.15, 0.2) is 5.78 Å². The van der Waals surface area contributed by atoms with Crippen LogP contribution in [0.1, 0.15) is 6.92 Å². The van der Waals surface area contributed by atoms with E-state index >= 15 is 0 Å². The van der Waals surface area contributed by atoms with Gasteiger partial charge in [-0.1, -0.05) is 18.9 Å². The third-order valence-corrected chi connectivity index (χ3v) is 1.68. The molecule has 0 aromatic carbocycles. The minimum Gasteiger partial charge on any atom is -0.295 e. The van der Waals surface area contributed by atoms with Crippen molar-refractivity contribution >= 4 is 5.78 Å². The summed E-state index contributed by atoms with van der Waals surface area (Å²) in [6.45, 7) is 1.75. The monoisotopic (exact) mass is 138 g/mol. The van der Waals surface area contributed by atoms with E-state index in [1.807, 2.05) is 0 Å². The Morgan fingerprint density at radius 2 is 2.40 bits per heavy atom. The van der Waals surface area contributed by atoms with Crippen LogP contribution < -0.4 is 0 Å². The molecule has 2 unspecified atom stereocenters. The van der Waals surface area contributed by atoms with Crippen molar-refractivity contribution in [3.05, 3.63) is 12.2 Å². The van der Waals surface area contributed by atoms with Gasteiger partial charge < -0.3 is 0 Å². The zero-order valence-corrected chi connectivity index (χ0v) is 5.60. The number of halogens is 1. The molecular formula is C8H7FO. The zero-order valence-electron chi connectivity index (χ0n) is 5.60. The van der Waals surface area contributed by atoms with E-state index in [-0.39, 0.29) is 17.6 Å². The predicted octanol–water partition coefficient (Wildman–Crippen LogP) is 1.31. The third kappa shape index (κ3) is 1.08. The average molecular weight is 138 g/mol. The summed E-state index contributed by atoms with van der Waals surface area (Å²) in [4.78, 5) is 10.8. The molecule has 0 radical (unpaired) electrons. The molecule has 1 nitrogen and oxygen atoms in total. The topological polar surface area (TPSA) is 17.1 Å². The van der Waals surface area contributed by atoms with Crippen molar-refractivity contribution in [2.45, 2.75) is 6.92 Å². The van der Waals surface area contributed by atoms with E-state index in [0.29, 0.717) is 0 Å². The Balaban J connectivity index is 2.72. The molecule has 0 spiro atoms. The van der Waals surface area contributed by atoms with Crippen molar-refractivity contribution in [1.82, 2.24) is 0 Å². The van der Waals surface area contributed by atoms with Crippen LogP contribution in [0, 0.1) is 23.9 Å². The third-order valence-electron chi connectivity index (χ3n) is 1.68. The molecule has 0 N–H and O–H groups in total. The van der Waals surface area contributed by atoms with E-state index in [1.165, 1.54) is 12.3 Å². The number of hydrogen-bond acceptors (Lipinski definition) is 1. The number of allylic oxidation sites excluding steroid dienone is 2. The maximum Gasteiger partial charge on any atom is 0.159 e. The first kappa shape index (κ1) is 7.01. The highest BCUT2D eigenvalue weighted by Gasteiger charge is 2.23. The van der Waals surface area contributed by atoms with Gasteiger partial charge in [0.05, 0.1) is 5.92 Å². The molecule has 2 heteroatoms. The molecule has 10 heavy (non-hydrogen) atoms. The van der Waals surface area contributed by atoms with Crippen LogP contribution in [0.2, 0.25) is 0 Å². The molecule has 0 amide bonds. The largest absolute Gasteiger partial charge is 0.295 e. The number of carbonyl (C=O) groups excluding carboxylic acids is 1. The van der Waals surface area contributed by atoms with Gasteiger partial charge in [-0.05, 0) is 6.08 Å². The van der Waals surface area contributed by atoms with Crippen LogP contribution in [-0.4, -0.2) is 5.78 Å². The van der Waals surface area contributed by atoms with Gasteiger partial charge in [0, 0.05) is 5.92 Å². The molecule has 0 saturated carbocycles. The van der Waals surface area contributed by atoms with Crippen LogP contribution in [0.25, 0.3) is 0 Å². The fraction of sp³-hybridized carbons (Fsp3) is 0.375. The summed E-state index contributed by atoms with van der Waals surface area (Å²) in [7, 11) is 0. The van der Waals surface area contributed by atoms with Gasteiger partial charge in [-0.3, -0.25) is 4.79 Å². The van der Waals surface area contributed by atoms with Crippen molar-refractivity contribution in [3.8, 4) is 12.1 Å². The number of carbonyl (C=O) groups is 1. The lowest BCUT2D eigenvalue weighted by molar-refractivity contribution is -0.117. The van der Waals surface area contributed by atoms with Crippen LogP contribution in [0.4, 0.5) is 4.39 Å². The van der Waals surface area contributed by atoms with Gasteiger partial charge >= 0.3 is 0 Å². The maximum atomic E-state index is 11.4. The molecule has 2 atom stereocenters. The Bertz CT molecular complexity index is 231. The van der Waals surface area contributed by atoms with Gasteiger partial charge in [0.25, 0.3) is 0 Å². The molecule has 0 heterocycles. The number of hydrogen-bond donors (Lipinski definition) is 0. The molecule has 0 aliphatic heterocycles. The van der Waals surface area contributed by atoms with Gasteiger partial charge in [-0.15, -0.1) is 4.39 Å². The van der Waals surface area contributed by atoms with Crippen molar-refractivity contribution in [2.75, 3.05) is 0 Å². The minimum atomic E-state index is -0.211. The van der Waals surface area contributed by atoms with E-state index < -0.39 is 0 Å². The molecule has 52 valence electrons. The Kier molecular flexibility index (Phi) is 1.86. The molecule has 1 rings (SSSR count). The van der Waals surface area contributed by atoms with Crippen LogP contribution in [0.5, 0.6) is 0 Å². The fourth-order valence-electron chi connectivity index (χ4n) is 0.930. The van der Waals surface area contributed by atoms with Crippen molar-refractivity contribution in [1.29, 1.82) is 0 Å². The van der Waals surface area contributed by atoms with E-state index in [9.17, 15) is 9.18 Å². The van der Waals surface area contributed by atoms with E-state index in [2.05, 4.69) is 5.92 Å². The zero-order chi connectivity index (χ0) is 7.56. The maximum absolute atomic E-state index is 11.4. The Morgan fingerprint density at radius 3 is 2.80 bits per heavy atom. The summed E-state index contributed by atoms with van der Waals surface area (Å²) in [5.74, 6) is 1.96. The fourth-order valence-corrected chi connectivity index (χ4v) is 0.930. The van der Waals surface area contributed by atoms with Crippen LogP contribution in [-0.2, 0) is 4.79 Å². The van der Waals surface area contributed by atoms with E-state index in [4.69, 9.17) is 0 Å². The van der Waals surface area contributed by atoms with Gasteiger partial charge in [0.2, 0.25) is 0 Å². The predicted molar refractivity (Wildman–Crippen MR) is 35.7 cm³/mol. The average Bonchev–Trinajstić information content (AvgIpc) is 2.20. The summed E-state index contributed by atoms with van der Waals surface area (Å²) in [6.07, 6.45) is 4.40. The lowest BCUT2D eigenvalue weighted by Crippen LogP contribution is -2.09. The second-order valence-electron chi connectivity index (χ2n) is 2.31. The molecular weight excluding hydrogens is 131 g/mol. The van der Waals surface area contributed by atoms with Gasteiger partial charge in [-0.2, -0.15) is 0 Å². The molecule has 1 aliphatic rings. The second-order valence-corrected chi connectivity index (χ2v) is 2.31. The van der Waals surface area contributed by atoms with E-state index in [1.54, 1.807) is 13.0 Å². The van der Waals surface area contributed by atoms with Crippen LogP contribution >= 0.6 is 0 Å². The molecule has 0 fully saturated rings. The number of rotatable bonds is 0. The highest BCUT2D eigenvalue weighted by atomic mass is 19.1.